The molecule has 0 aliphatic carbocycles. The summed E-state index contributed by atoms with van der Waals surface area (Å²) in [5.41, 5.74) is 8.52. The molecular weight excluding hydrogens is 519 g/mol. The van der Waals surface area contributed by atoms with Gasteiger partial charge in [-0.15, -0.1) is 6.58 Å². The van der Waals surface area contributed by atoms with Gasteiger partial charge < -0.3 is 9.88 Å². The van der Waals surface area contributed by atoms with Gasteiger partial charge in [-0.3, -0.25) is 0 Å². The number of hydrogen-bond acceptors (Lipinski definition) is 1. The molecule has 39 heavy (non-hydrogen) atoms. The molecular formula is C35H48Cl2N2. The van der Waals surface area contributed by atoms with E-state index in [1.165, 1.54) is 35.1 Å². The lowest BCUT2D eigenvalue weighted by Gasteiger charge is -2.24. The van der Waals surface area contributed by atoms with Gasteiger partial charge in [0.25, 0.3) is 0 Å². The van der Waals surface area contributed by atoms with Gasteiger partial charge in [0.15, 0.2) is 0 Å². The quantitative estimate of drug-likeness (QED) is 0.305. The minimum absolute atomic E-state index is 0.609. The molecule has 212 valence electrons. The average molecular weight is 568 g/mol. The molecule has 0 bridgehead atoms. The average Bonchev–Trinajstić information content (AvgIpc) is 3.21. The predicted molar refractivity (Wildman–Crippen MR) is 176 cm³/mol. The molecule has 4 rings (SSSR count). The number of halogens is 2. The van der Waals surface area contributed by atoms with Gasteiger partial charge in [-0.05, 0) is 125 Å². The van der Waals surface area contributed by atoms with Gasteiger partial charge >= 0.3 is 0 Å². The van der Waals surface area contributed by atoms with Gasteiger partial charge in [0.1, 0.15) is 0 Å². The lowest BCUT2D eigenvalue weighted by atomic mass is 9.99. The van der Waals surface area contributed by atoms with Crippen molar-refractivity contribution >= 4 is 35.9 Å². The third-order valence-corrected chi connectivity index (χ3v) is 8.01. The summed E-state index contributed by atoms with van der Waals surface area (Å²) in [4.78, 5) is 0. The molecule has 2 aromatic carbocycles. The fourth-order valence-corrected chi connectivity index (χ4v) is 5.37. The number of aryl methyl sites for hydroxylation is 4. The zero-order valence-electron chi connectivity index (χ0n) is 25.2. The van der Waals surface area contributed by atoms with Crippen LogP contribution in [0.1, 0.15) is 69.2 Å². The van der Waals surface area contributed by atoms with Crippen molar-refractivity contribution in [3.63, 3.8) is 0 Å². The molecule has 4 heteroatoms. The van der Waals surface area contributed by atoms with Crippen LogP contribution in [0.15, 0.2) is 48.6 Å². The van der Waals surface area contributed by atoms with E-state index >= 15 is 0 Å². The molecule has 0 saturated carbocycles. The number of piperidine rings is 1. The molecule has 0 amide bonds. The van der Waals surface area contributed by atoms with Crippen molar-refractivity contribution in [1.29, 1.82) is 0 Å². The van der Waals surface area contributed by atoms with E-state index in [1.54, 1.807) is 0 Å². The van der Waals surface area contributed by atoms with Crippen LogP contribution in [0, 0.1) is 26.7 Å². The van der Waals surface area contributed by atoms with Crippen LogP contribution in [0.5, 0.6) is 0 Å². The highest BCUT2D eigenvalue weighted by Crippen LogP contribution is 2.35. The zero-order valence-corrected chi connectivity index (χ0v) is 26.7. The standard InChI is InChI=1S/C20H24Cl2N2.C10H14.C5H10/c1-4-16-10-19(20-17(21)8-13(2)9-18(20)22)24(14(16)3)12-15-6-5-7-23-11-15;1-4-10-6-5-8(2)9(3)7-10;1-4-5(2)3/h4,8-10,15,23H,3,5-7,11-12H2,1-2H3;5-7H,4H2,1-3H3;2,4H2,1,3H3/b16-4-;;/t15-;;/m1../s1. The molecule has 3 aromatic rings. The van der Waals surface area contributed by atoms with Crippen LogP contribution >= 0.6 is 23.2 Å². The third-order valence-electron chi connectivity index (χ3n) is 7.42. The van der Waals surface area contributed by atoms with E-state index in [-0.39, 0.29) is 0 Å². The summed E-state index contributed by atoms with van der Waals surface area (Å²) in [6, 6.07) is 12.7. The molecule has 1 N–H and O–H groups in total. The highest BCUT2D eigenvalue weighted by atomic mass is 35.5. The summed E-state index contributed by atoms with van der Waals surface area (Å²) in [5.74, 6) is 0.609. The lowest BCUT2D eigenvalue weighted by Crippen LogP contribution is -2.36. The molecule has 1 aromatic heterocycles. The summed E-state index contributed by atoms with van der Waals surface area (Å²) in [7, 11) is 0. The Morgan fingerprint density at radius 2 is 1.69 bits per heavy atom. The van der Waals surface area contributed by atoms with Crippen LogP contribution in [0.4, 0.5) is 0 Å². The summed E-state index contributed by atoms with van der Waals surface area (Å²) < 4.78 is 2.29. The van der Waals surface area contributed by atoms with E-state index in [9.17, 15) is 0 Å². The van der Waals surface area contributed by atoms with Crippen LogP contribution in [-0.4, -0.2) is 17.7 Å². The smallest absolute Gasteiger partial charge is 0.0521 e. The van der Waals surface area contributed by atoms with Crippen molar-refractivity contribution in [1.82, 2.24) is 9.88 Å². The number of hydrogen-bond donors (Lipinski definition) is 1. The molecule has 1 saturated heterocycles. The van der Waals surface area contributed by atoms with Crippen LogP contribution in [0.2, 0.25) is 10.0 Å². The number of rotatable bonds is 5. The van der Waals surface area contributed by atoms with E-state index in [0.29, 0.717) is 16.0 Å². The first kappa shape index (κ1) is 32.9. The van der Waals surface area contributed by atoms with E-state index in [1.807, 2.05) is 32.9 Å². The predicted octanol–water partition coefficient (Wildman–Crippen LogP) is 8.82. The minimum atomic E-state index is 0.609. The van der Waals surface area contributed by atoms with Crippen LogP contribution in [0.3, 0.4) is 0 Å². The molecule has 1 aliphatic heterocycles. The van der Waals surface area contributed by atoms with Crippen molar-refractivity contribution in [3.05, 3.63) is 91.4 Å². The minimum Gasteiger partial charge on any atom is -0.341 e. The largest absolute Gasteiger partial charge is 0.341 e. The van der Waals surface area contributed by atoms with E-state index < -0.39 is 0 Å². The van der Waals surface area contributed by atoms with Gasteiger partial charge in [-0.2, -0.15) is 0 Å². The van der Waals surface area contributed by atoms with E-state index in [0.717, 1.165) is 59.9 Å². The highest BCUT2D eigenvalue weighted by molar-refractivity contribution is 6.39. The lowest BCUT2D eigenvalue weighted by molar-refractivity contribution is 0.336. The van der Waals surface area contributed by atoms with Gasteiger partial charge in [0.2, 0.25) is 0 Å². The summed E-state index contributed by atoms with van der Waals surface area (Å²) in [6.07, 6.45) is 6.82. The van der Waals surface area contributed by atoms with Crippen LogP contribution in [-0.2, 0) is 13.0 Å². The van der Waals surface area contributed by atoms with Gasteiger partial charge in [0, 0.05) is 17.5 Å². The van der Waals surface area contributed by atoms with Crippen molar-refractivity contribution in [2.75, 3.05) is 13.1 Å². The van der Waals surface area contributed by atoms with Crippen molar-refractivity contribution < 1.29 is 0 Å². The second kappa shape index (κ2) is 16.1. The van der Waals surface area contributed by atoms with Gasteiger partial charge in [0.05, 0.1) is 15.7 Å². The molecule has 0 radical (unpaired) electrons. The zero-order chi connectivity index (χ0) is 29.1. The Bertz CT molecular complexity index is 1320. The Morgan fingerprint density at radius 1 is 1.05 bits per heavy atom. The first-order valence-corrected chi connectivity index (χ1v) is 15.0. The number of allylic oxidation sites excluding steroid dienone is 1. The second-order valence-corrected chi connectivity index (χ2v) is 11.5. The third kappa shape index (κ3) is 9.71. The molecule has 0 spiro atoms. The number of nitrogens with zero attached hydrogens (tertiary/aromatic N) is 1. The molecule has 2 nitrogen and oxygen atoms in total. The summed E-state index contributed by atoms with van der Waals surface area (Å²) in [5, 5.41) is 7.06. The molecule has 1 aliphatic rings. The fraction of sp³-hybridized carbons (Fsp3) is 0.429. The maximum atomic E-state index is 6.55. The topological polar surface area (TPSA) is 17.0 Å². The Labute approximate surface area is 247 Å². The first-order chi connectivity index (χ1) is 18.5. The Morgan fingerprint density at radius 3 is 2.18 bits per heavy atom. The Balaban J connectivity index is 0.000000293. The number of nitrogens with one attached hydrogen (secondary N) is 1. The summed E-state index contributed by atoms with van der Waals surface area (Å²) >= 11 is 13.1. The molecule has 1 atom stereocenters. The van der Waals surface area contributed by atoms with Crippen molar-refractivity contribution in [2.45, 2.75) is 80.7 Å². The maximum absolute atomic E-state index is 6.55. The number of benzene rings is 2. The SMILES string of the molecule is C=C(C)CC.C=c1/c(=C\C)cc(-c2c(Cl)cc(C)cc2Cl)n1C[C@@H]1CCCNC1.CCc1ccc(C)c(C)c1. The first-order valence-electron chi connectivity index (χ1n) is 14.2. The second-order valence-electron chi connectivity index (χ2n) is 10.7. The molecule has 2 heterocycles. The normalized spacial score (nSPS) is 15.2. The Kier molecular flexibility index (Phi) is 13.6. The van der Waals surface area contributed by atoms with E-state index in [2.05, 4.69) is 81.1 Å². The monoisotopic (exact) mass is 566 g/mol. The van der Waals surface area contributed by atoms with Crippen molar-refractivity contribution in [3.8, 4) is 11.3 Å². The van der Waals surface area contributed by atoms with Crippen LogP contribution in [0.25, 0.3) is 23.9 Å². The van der Waals surface area contributed by atoms with Crippen LogP contribution < -0.4 is 15.9 Å². The Hall–Kier alpha value is -2.26. The molecule has 0 unspecified atom stereocenters. The van der Waals surface area contributed by atoms with Gasteiger partial charge in [-0.1, -0.05) is 73.5 Å². The highest BCUT2D eigenvalue weighted by Gasteiger charge is 2.19. The maximum Gasteiger partial charge on any atom is 0.0521 e. The summed E-state index contributed by atoms with van der Waals surface area (Å²) in [6.45, 7) is 25.8. The van der Waals surface area contributed by atoms with Gasteiger partial charge in [-0.25, -0.2) is 0 Å². The van der Waals surface area contributed by atoms with E-state index in [4.69, 9.17) is 23.2 Å². The fourth-order valence-electron chi connectivity index (χ4n) is 4.58. The molecule has 1 fully saturated rings. The van der Waals surface area contributed by atoms with Crippen molar-refractivity contribution in [2.24, 2.45) is 5.92 Å². The number of aromatic nitrogens is 1.